The molecule has 0 spiro atoms. The largest absolute Gasteiger partial charge is 0.398 e. The third-order valence-electron chi connectivity index (χ3n) is 3.05. The fourth-order valence-electron chi connectivity index (χ4n) is 2.21. The number of rotatable bonds is 2. The van der Waals surface area contributed by atoms with E-state index in [1.807, 2.05) is 36.4 Å². The minimum Gasteiger partial charge on any atom is -0.398 e. The van der Waals surface area contributed by atoms with E-state index in [4.69, 9.17) is 11.6 Å². The quantitative estimate of drug-likeness (QED) is 0.529. The molecule has 4 heteroatoms. The van der Waals surface area contributed by atoms with Crippen molar-refractivity contribution in [3.05, 3.63) is 59.8 Å². The number of nitrogen functional groups attached to an aromatic ring is 2. The monoisotopic (exact) mass is 238 g/mol. The van der Waals surface area contributed by atoms with Crippen LogP contribution in [0.1, 0.15) is 11.3 Å². The zero-order valence-electron chi connectivity index (χ0n) is 9.88. The first-order chi connectivity index (χ1) is 8.75. The highest BCUT2D eigenvalue weighted by Gasteiger charge is 2.11. The highest BCUT2D eigenvalue weighted by atomic mass is 15.5. The number of nitrogens with two attached hydrogens (primary N) is 2. The van der Waals surface area contributed by atoms with E-state index >= 15 is 0 Å². The van der Waals surface area contributed by atoms with Crippen molar-refractivity contribution >= 4 is 16.6 Å². The molecular weight excluding hydrogens is 224 g/mol. The van der Waals surface area contributed by atoms with Gasteiger partial charge in [-0.1, -0.05) is 36.4 Å². The minimum absolute atomic E-state index is 0.718. The summed E-state index contributed by atoms with van der Waals surface area (Å²) in [5.41, 5.74) is 9.70. The Kier molecular flexibility index (Phi) is 2.41. The van der Waals surface area contributed by atoms with Gasteiger partial charge in [0.2, 0.25) is 0 Å². The molecule has 18 heavy (non-hydrogen) atoms. The molecule has 1 heterocycles. The van der Waals surface area contributed by atoms with Gasteiger partial charge < -0.3 is 11.6 Å². The van der Waals surface area contributed by atoms with E-state index in [0.29, 0.717) is 0 Å². The summed E-state index contributed by atoms with van der Waals surface area (Å²) in [5, 5.41) is 5.31. The number of hydrogen-bond donors (Lipinski definition) is 2. The van der Waals surface area contributed by atoms with Gasteiger partial charge in [0.1, 0.15) is 0 Å². The van der Waals surface area contributed by atoms with Gasteiger partial charge >= 0.3 is 0 Å². The van der Waals surface area contributed by atoms with Crippen molar-refractivity contribution in [2.24, 2.45) is 0 Å². The van der Waals surface area contributed by atoms with Crippen molar-refractivity contribution in [2.45, 2.75) is 6.42 Å². The number of hydrogen-bond acceptors (Lipinski definition) is 3. The van der Waals surface area contributed by atoms with Crippen molar-refractivity contribution in [2.75, 3.05) is 11.6 Å². The first kappa shape index (κ1) is 10.7. The first-order valence-corrected chi connectivity index (χ1v) is 5.81. The fourth-order valence-corrected chi connectivity index (χ4v) is 2.21. The number of aromatic nitrogens is 2. The number of fused-ring (bicyclic) bond motifs is 1. The molecule has 0 radical (unpaired) electrons. The molecule has 0 aliphatic heterocycles. The predicted octanol–water partition coefficient (Wildman–Crippen LogP) is 1.92. The van der Waals surface area contributed by atoms with Crippen molar-refractivity contribution in [1.29, 1.82) is 0 Å². The fraction of sp³-hybridized carbons (Fsp3) is 0.0714. The Morgan fingerprint density at radius 1 is 1.00 bits per heavy atom. The second kappa shape index (κ2) is 4.07. The second-order valence-corrected chi connectivity index (χ2v) is 4.30. The predicted molar refractivity (Wildman–Crippen MR) is 73.5 cm³/mol. The van der Waals surface area contributed by atoms with Crippen LogP contribution in [-0.2, 0) is 6.42 Å². The van der Waals surface area contributed by atoms with Gasteiger partial charge in [-0.05, 0) is 17.7 Å². The van der Waals surface area contributed by atoms with Crippen LogP contribution in [-0.4, -0.2) is 9.89 Å². The average molecular weight is 238 g/mol. The van der Waals surface area contributed by atoms with E-state index in [2.05, 4.69) is 17.2 Å². The Labute approximate surface area is 105 Å². The minimum atomic E-state index is 0.718. The van der Waals surface area contributed by atoms with Gasteiger partial charge in [0, 0.05) is 17.5 Å². The molecule has 0 saturated carbocycles. The Bertz CT molecular complexity index is 686. The Balaban J connectivity index is 2.13. The molecule has 2 aromatic carbocycles. The summed E-state index contributed by atoms with van der Waals surface area (Å²) in [5.74, 6) is 5.85. The molecule has 3 aromatic rings. The molecule has 0 atom stereocenters. The topological polar surface area (TPSA) is 69.9 Å². The van der Waals surface area contributed by atoms with Crippen LogP contribution in [0.25, 0.3) is 10.9 Å². The van der Waals surface area contributed by atoms with Gasteiger partial charge in [0.05, 0.1) is 11.2 Å². The number of nitrogens with zero attached hydrogens (tertiary/aromatic N) is 2. The van der Waals surface area contributed by atoms with Gasteiger partial charge in [0.25, 0.3) is 0 Å². The maximum atomic E-state index is 6.02. The lowest BCUT2D eigenvalue weighted by Gasteiger charge is -2.00. The Morgan fingerprint density at radius 2 is 1.78 bits per heavy atom. The van der Waals surface area contributed by atoms with Crippen molar-refractivity contribution in [3.63, 3.8) is 0 Å². The molecule has 0 aliphatic rings. The molecule has 4 nitrogen and oxygen atoms in total. The molecule has 0 aliphatic carbocycles. The molecule has 0 bridgehead atoms. The van der Waals surface area contributed by atoms with Gasteiger partial charge in [-0.2, -0.15) is 9.89 Å². The lowest BCUT2D eigenvalue weighted by atomic mass is 10.1. The zero-order valence-corrected chi connectivity index (χ0v) is 9.88. The van der Waals surface area contributed by atoms with E-state index < -0.39 is 0 Å². The standard InChI is InChI=1S/C14H14N4/c15-11-7-4-8-13-14(11)12(17-18(13)16)9-10-5-2-1-3-6-10/h1-8H,9,15-16H2. The molecule has 0 saturated heterocycles. The van der Waals surface area contributed by atoms with Crippen LogP contribution in [0.15, 0.2) is 48.5 Å². The van der Waals surface area contributed by atoms with E-state index in [1.54, 1.807) is 0 Å². The van der Waals surface area contributed by atoms with Crippen LogP contribution >= 0.6 is 0 Å². The lowest BCUT2D eigenvalue weighted by molar-refractivity contribution is 0.831. The number of benzene rings is 2. The van der Waals surface area contributed by atoms with E-state index in [1.165, 1.54) is 10.4 Å². The summed E-state index contributed by atoms with van der Waals surface area (Å²) in [6, 6.07) is 15.8. The van der Waals surface area contributed by atoms with E-state index in [-0.39, 0.29) is 0 Å². The van der Waals surface area contributed by atoms with E-state index in [0.717, 1.165) is 28.7 Å². The molecule has 90 valence electrons. The van der Waals surface area contributed by atoms with Crippen LogP contribution in [0.4, 0.5) is 5.69 Å². The van der Waals surface area contributed by atoms with E-state index in [9.17, 15) is 0 Å². The van der Waals surface area contributed by atoms with Gasteiger partial charge in [-0.3, -0.25) is 0 Å². The summed E-state index contributed by atoms with van der Waals surface area (Å²) in [4.78, 5) is 1.39. The van der Waals surface area contributed by atoms with Crippen LogP contribution in [0.3, 0.4) is 0 Å². The van der Waals surface area contributed by atoms with Crippen LogP contribution in [0.5, 0.6) is 0 Å². The van der Waals surface area contributed by atoms with Gasteiger partial charge in [0.15, 0.2) is 0 Å². The zero-order chi connectivity index (χ0) is 12.5. The normalized spacial score (nSPS) is 10.9. The van der Waals surface area contributed by atoms with Crippen LogP contribution < -0.4 is 11.6 Å². The third kappa shape index (κ3) is 1.68. The molecule has 4 N–H and O–H groups in total. The highest BCUT2D eigenvalue weighted by molar-refractivity contribution is 5.93. The summed E-state index contributed by atoms with van der Waals surface area (Å²) < 4.78 is 0. The summed E-state index contributed by atoms with van der Waals surface area (Å²) in [7, 11) is 0. The van der Waals surface area contributed by atoms with Crippen LogP contribution in [0.2, 0.25) is 0 Å². The summed E-state index contributed by atoms with van der Waals surface area (Å²) in [6.45, 7) is 0. The maximum absolute atomic E-state index is 6.02. The summed E-state index contributed by atoms with van der Waals surface area (Å²) in [6.07, 6.45) is 0.732. The van der Waals surface area contributed by atoms with Crippen LogP contribution in [0, 0.1) is 0 Å². The van der Waals surface area contributed by atoms with Crippen molar-refractivity contribution in [3.8, 4) is 0 Å². The van der Waals surface area contributed by atoms with Gasteiger partial charge in [-0.15, -0.1) is 0 Å². The Hall–Kier alpha value is -2.49. The van der Waals surface area contributed by atoms with Crippen molar-refractivity contribution in [1.82, 2.24) is 9.89 Å². The molecule has 0 fully saturated rings. The second-order valence-electron chi connectivity index (χ2n) is 4.30. The molecular formula is C14H14N4. The molecule has 3 rings (SSSR count). The third-order valence-corrected chi connectivity index (χ3v) is 3.05. The molecule has 0 amide bonds. The summed E-state index contributed by atoms with van der Waals surface area (Å²) >= 11 is 0. The van der Waals surface area contributed by atoms with Gasteiger partial charge in [-0.25, -0.2) is 0 Å². The first-order valence-electron chi connectivity index (χ1n) is 5.81. The SMILES string of the molecule is Nc1cccc2c1c(Cc1ccccc1)nn2N. The van der Waals surface area contributed by atoms with Crippen molar-refractivity contribution < 1.29 is 0 Å². The highest BCUT2D eigenvalue weighted by Crippen LogP contribution is 2.25. The smallest absolute Gasteiger partial charge is 0.0939 e. The molecule has 0 unspecified atom stereocenters. The average Bonchev–Trinajstić information content (AvgIpc) is 2.69. The number of anilines is 1. The lowest BCUT2D eigenvalue weighted by Crippen LogP contribution is -2.09. The maximum Gasteiger partial charge on any atom is 0.0939 e. The molecule has 1 aromatic heterocycles. The Morgan fingerprint density at radius 3 is 2.56 bits per heavy atom.